The van der Waals surface area contributed by atoms with Crippen molar-refractivity contribution in [2.45, 2.75) is 0 Å². The molecule has 0 saturated carbocycles. The topological polar surface area (TPSA) is 13.1 Å². The van der Waals surface area contributed by atoms with Crippen LogP contribution in [0.4, 0.5) is 0 Å². The Labute approximate surface area is 257 Å². The van der Waals surface area contributed by atoms with Crippen LogP contribution in [0.15, 0.2) is 162 Å². The Morgan fingerprint density at radius 3 is 1.56 bits per heavy atom. The summed E-state index contributed by atoms with van der Waals surface area (Å²) in [5.74, 6) is 0. The summed E-state index contributed by atoms with van der Waals surface area (Å²) in [6.07, 6.45) is 0. The van der Waals surface area contributed by atoms with Crippen LogP contribution in [0.25, 0.3) is 87.6 Å². The predicted molar refractivity (Wildman–Crippen MR) is 183 cm³/mol. The van der Waals surface area contributed by atoms with Gasteiger partial charge >= 0.3 is 0 Å². The standard InChI is InChI=1S/C42H26O/c1-2-11-27(12-3-1)29-21-23-32-33-24-22-30(26-40(33)43-39(32)25-29)41-35-16-6-8-18-37(35)42(38-19-9-7-17-36(38)41)34-20-10-14-28-13-4-5-15-31(28)34/h1-26H/i21D,22D,23D,24D,25D,26D. The summed E-state index contributed by atoms with van der Waals surface area (Å²) in [5.41, 5.74) is 3.96. The Balaban J connectivity index is 1.41. The number of rotatable bonds is 3. The third kappa shape index (κ3) is 3.72. The second-order valence-corrected chi connectivity index (χ2v) is 10.7. The number of furan rings is 1. The van der Waals surface area contributed by atoms with Gasteiger partial charge in [0.2, 0.25) is 0 Å². The molecule has 0 spiro atoms. The van der Waals surface area contributed by atoms with Crippen molar-refractivity contribution in [1.29, 1.82) is 0 Å². The smallest absolute Gasteiger partial charge is 0.136 e. The van der Waals surface area contributed by atoms with Crippen molar-refractivity contribution in [3.8, 4) is 33.4 Å². The second kappa shape index (κ2) is 9.44. The van der Waals surface area contributed by atoms with E-state index in [1.165, 1.54) is 0 Å². The molecule has 0 aliphatic heterocycles. The van der Waals surface area contributed by atoms with Crippen LogP contribution in [0.3, 0.4) is 0 Å². The van der Waals surface area contributed by atoms with Crippen molar-refractivity contribution < 1.29 is 12.6 Å². The summed E-state index contributed by atoms with van der Waals surface area (Å²) in [7, 11) is 0. The van der Waals surface area contributed by atoms with Crippen LogP contribution in [-0.4, -0.2) is 0 Å². The van der Waals surface area contributed by atoms with Gasteiger partial charge in [0.15, 0.2) is 0 Å². The number of fused-ring (bicyclic) bond motifs is 6. The molecule has 0 atom stereocenters. The van der Waals surface area contributed by atoms with Crippen LogP contribution < -0.4 is 0 Å². The molecule has 0 amide bonds. The lowest BCUT2D eigenvalue weighted by molar-refractivity contribution is 0.669. The summed E-state index contributed by atoms with van der Waals surface area (Å²) in [6.45, 7) is 0. The Hall–Kier alpha value is -5.66. The number of hydrogen-bond acceptors (Lipinski definition) is 1. The summed E-state index contributed by atoms with van der Waals surface area (Å²) in [6, 6.07) is 38.7. The van der Waals surface area contributed by atoms with Crippen LogP contribution >= 0.6 is 0 Å². The molecule has 0 N–H and O–H groups in total. The van der Waals surface area contributed by atoms with Crippen LogP contribution in [0.5, 0.6) is 0 Å². The van der Waals surface area contributed by atoms with Gasteiger partial charge in [-0.3, -0.25) is 0 Å². The largest absolute Gasteiger partial charge is 0.456 e. The van der Waals surface area contributed by atoms with Gasteiger partial charge in [-0.15, -0.1) is 0 Å². The van der Waals surface area contributed by atoms with E-state index in [0.29, 0.717) is 11.1 Å². The highest BCUT2D eigenvalue weighted by Gasteiger charge is 2.19. The van der Waals surface area contributed by atoms with E-state index in [1.807, 2.05) is 66.7 Å². The molecule has 0 aliphatic rings. The lowest BCUT2D eigenvalue weighted by atomic mass is 9.84. The molecule has 1 nitrogen and oxygen atoms in total. The molecule has 0 radical (unpaired) electrons. The third-order valence-electron chi connectivity index (χ3n) is 8.31. The normalized spacial score (nSPS) is 13.7. The van der Waals surface area contributed by atoms with Crippen LogP contribution in [0.2, 0.25) is 0 Å². The molecule has 0 aliphatic carbocycles. The fourth-order valence-electron chi connectivity index (χ4n) is 6.39. The van der Waals surface area contributed by atoms with Crippen molar-refractivity contribution >= 4 is 54.3 Å². The zero-order chi connectivity index (χ0) is 33.6. The first-order chi connectivity index (χ1) is 23.9. The van der Waals surface area contributed by atoms with Gasteiger partial charge < -0.3 is 4.42 Å². The first-order valence-electron chi connectivity index (χ1n) is 17.3. The van der Waals surface area contributed by atoms with Crippen LogP contribution in [0.1, 0.15) is 8.22 Å². The van der Waals surface area contributed by atoms with E-state index in [-0.39, 0.29) is 69.3 Å². The first-order valence-corrected chi connectivity index (χ1v) is 14.3. The van der Waals surface area contributed by atoms with E-state index in [4.69, 9.17) is 8.53 Å². The molecule has 0 bridgehead atoms. The predicted octanol–water partition coefficient (Wildman–Crippen LogP) is 12.0. The Morgan fingerprint density at radius 2 is 0.884 bits per heavy atom. The SMILES string of the molecule is [2H]c1c(-c2ccccc2)c([2H])c2oc3c([2H])c(-c4c5ccccc5c(-c5cccc6ccccc56)c5ccccc45)c([2H])c([2H])c3c2c1[2H]. The van der Waals surface area contributed by atoms with Crippen molar-refractivity contribution in [3.63, 3.8) is 0 Å². The van der Waals surface area contributed by atoms with E-state index in [9.17, 15) is 4.11 Å². The molecule has 43 heavy (non-hydrogen) atoms. The summed E-state index contributed by atoms with van der Waals surface area (Å²) in [5, 5.41) is 6.05. The molecule has 9 aromatic rings. The maximum absolute atomic E-state index is 9.57. The van der Waals surface area contributed by atoms with E-state index < -0.39 is 0 Å². The van der Waals surface area contributed by atoms with Crippen molar-refractivity contribution in [3.05, 3.63) is 158 Å². The highest BCUT2D eigenvalue weighted by atomic mass is 16.3. The zero-order valence-corrected chi connectivity index (χ0v) is 23.0. The summed E-state index contributed by atoms with van der Waals surface area (Å²) < 4.78 is 61.4. The summed E-state index contributed by atoms with van der Waals surface area (Å²) >= 11 is 0. The van der Waals surface area contributed by atoms with Crippen molar-refractivity contribution in [2.75, 3.05) is 0 Å². The fraction of sp³-hybridized carbons (Fsp3) is 0. The van der Waals surface area contributed by atoms with Crippen LogP contribution in [0, 0.1) is 0 Å². The molecule has 8 aromatic carbocycles. The monoisotopic (exact) mass is 552 g/mol. The molecule has 1 heteroatoms. The molecule has 0 unspecified atom stereocenters. The van der Waals surface area contributed by atoms with E-state index in [2.05, 4.69) is 42.5 Å². The minimum absolute atomic E-state index is 0.0314. The van der Waals surface area contributed by atoms with E-state index in [0.717, 1.165) is 43.4 Å². The molecule has 1 heterocycles. The molecule has 9 rings (SSSR count). The Bertz CT molecular complexity index is 2780. The number of benzene rings is 8. The van der Waals surface area contributed by atoms with Crippen molar-refractivity contribution in [1.82, 2.24) is 0 Å². The highest BCUT2D eigenvalue weighted by Crippen LogP contribution is 2.46. The van der Waals surface area contributed by atoms with Gasteiger partial charge in [-0.2, -0.15) is 0 Å². The minimum Gasteiger partial charge on any atom is -0.456 e. The van der Waals surface area contributed by atoms with Gasteiger partial charge in [0, 0.05) is 10.8 Å². The van der Waals surface area contributed by atoms with Crippen molar-refractivity contribution in [2.24, 2.45) is 0 Å². The quantitative estimate of drug-likeness (QED) is 0.199. The maximum Gasteiger partial charge on any atom is 0.136 e. The second-order valence-electron chi connectivity index (χ2n) is 10.7. The van der Waals surface area contributed by atoms with E-state index in [1.54, 1.807) is 12.1 Å². The first kappa shape index (κ1) is 18.7. The van der Waals surface area contributed by atoms with E-state index >= 15 is 0 Å². The molecule has 0 saturated heterocycles. The van der Waals surface area contributed by atoms with Gasteiger partial charge in [0.05, 0.1) is 8.22 Å². The average Bonchev–Trinajstić information content (AvgIpc) is 3.55. The Morgan fingerprint density at radius 1 is 0.372 bits per heavy atom. The van der Waals surface area contributed by atoms with Gasteiger partial charge in [0.25, 0.3) is 0 Å². The molecule has 200 valence electrons. The van der Waals surface area contributed by atoms with Gasteiger partial charge in [-0.05, 0) is 89.9 Å². The Kier molecular flexibility index (Phi) is 4.11. The molecular formula is C42H26O. The van der Waals surface area contributed by atoms with Gasteiger partial charge in [0.1, 0.15) is 11.2 Å². The fourth-order valence-corrected chi connectivity index (χ4v) is 6.39. The molecular weight excluding hydrogens is 520 g/mol. The lowest BCUT2D eigenvalue weighted by Gasteiger charge is -2.18. The molecule has 0 fully saturated rings. The molecule has 1 aromatic heterocycles. The van der Waals surface area contributed by atoms with Gasteiger partial charge in [-0.25, -0.2) is 0 Å². The lowest BCUT2D eigenvalue weighted by Crippen LogP contribution is -1.91. The van der Waals surface area contributed by atoms with Gasteiger partial charge in [-0.1, -0.05) is 133 Å². The zero-order valence-electron chi connectivity index (χ0n) is 29.0. The minimum atomic E-state index is -0.203. The maximum atomic E-state index is 9.57. The third-order valence-corrected chi connectivity index (χ3v) is 8.31. The van der Waals surface area contributed by atoms with Crippen LogP contribution in [-0.2, 0) is 0 Å². The highest BCUT2D eigenvalue weighted by molar-refractivity contribution is 6.24. The average molecular weight is 553 g/mol. The number of hydrogen-bond donors (Lipinski definition) is 0. The summed E-state index contributed by atoms with van der Waals surface area (Å²) in [4.78, 5) is 0.